The predicted molar refractivity (Wildman–Crippen MR) is 86.8 cm³/mol. The minimum absolute atomic E-state index is 0.0329. The van der Waals surface area contributed by atoms with Crippen LogP contribution in [0.1, 0.15) is 47.1 Å². The van der Waals surface area contributed by atoms with Crippen LogP contribution in [0.25, 0.3) is 0 Å². The van der Waals surface area contributed by atoms with Crippen LogP contribution in [0, 0.1) is 0 Å². The number of nitrogens with two attached hydrogens (primary N) is 1. The first kappa shape index (κ1) is 14.9. The second-order valence-corrected chi connectivity index (χ2v) is 6.35. The smallest absolute Gasteiger partial charge is 0.0681 e. The summed E-state index contributed by atoms with van der Waals surface area (Å²) in [5, 5.41) is 10.5. The number of halogens is 2. The number of hydrogen-bond acceptors (Lipinski definition) is 2. The van der Waals surface area contributed by atoms with E-state index in [1.54, 1.807) is 0 Å². The molecule has 0 amide bonds. The van der Waals surface area contributed by atoms with E-state index in [1.165, 1.54) is 5.56 Å². The topological polar surface area (TPSA) is 46.2 Å². The van der Waals surface area contributed by atoms with Gasteiger partial charge in [0.05, 0.1) is 16.7 Å². The molecule has 2 aromatic carbocycles. The fourth-order valence-electron chi connectivity index (χ4n) is 3.09. The minimum atomic E-state index is 0.0329. The molecule has 2 nitrogen and oxygen atoms in total. The van der Waals surface area contributed by atoms with Gasteiger partial charge in [-0.15, -0.1) is 0 Å². The quantitative estimate of drug-likeness (QED) is 0.860. The first-order chi connectivity index (χ1) is 10.1. The van der Waals surface area contributed by atoms with Gasteiger partial charge in [0.15, 0.2) is 0 Å². The SMILES string of the molecule is N[C@H]1CC[C@@H](c2ccc(Cl)c(Cl)c2)c2ccc(CO)cc21. The van der Waals surface area contributed by atoms with E-state index < -0.39 is 0 Å². The summed E-state index contributed by atoms with van der Waals surface area (Å²) in [7, 11) is 0. The molecule has 0 radical (unpaired) electrons. The van der Waals surface area contributed by atoms with Gasteiger partial charge in [-0.25, -0.2) is 0 Å². The first-order valence-corrected chi connectivity index (χ1v) is 7.80. The molecule has 0 saturated carbocycles. The summed E-state index contributed by atoms with van der Waals surface area (Å²) >= 11 is 12.1. The van der Waals surface area contributed by atoms with E-state index in [2.05, 4.69) is 6.07 Å². The average Bonchev–Trinajstić information content (AvgIpc) is 2.50. The third kappa shape index (κ3) is 2.82. The zero-order valence-corrected chi connectivity index (χ0v) is 13.0. The number of aliphatic hydroxyl groups excluding tert-OH is 1. The van der Waals surface area contributed by atoms with Crippen molar-refractivity contribution in [3.05, 3.63) is 68.7 Å². The van der Waals surface area contributed by atoms with Crippen molar-refractivity contribution >= 4 is 23.2 Å². The lowest BCUT2D eigenvalue weighted by molar-refractivity contribution is 0.281. The number of fused-ring (bicyclic) bond motifs is 1. The van der Waals surface area contributed by atoms with Gasteiger partial charge >= 0.3 is 0 Å². The Labute approximate surface area is 134 Å². The zero-order chi connectivity index (χ0) is 15.0. The third-order valence-electron chi connectivity index (χ3n) is 4.22. The fourth-order valence-corrected chi connectivity index (χ4v) is 3.40. The zero-order valence-electron chi connectivity index (χ0n) is 11.5. The fraction of sp³-hybridized carbons (Fsp3) is 0.294. The maximum atomic E-state index is 9.30. The molecule has 3 N–H and O–H groups in total. The molecule has 2 atom stereocenters. The number of benzene rings is 2. The highest BCUT2D eigenvalue weighted by Crippen LogP contribution is 2.41. The molecule has 0 spiro atoms. The van der Waals surface area contributed by atoms with Gasteiger partial charge in [-0.2, -0.15) is 0 Å². The van der Waals surface area contributed by atoms with Gasteiger partial charge in [-0.3, -0.25) is 0 Å². The summed E-state index contributed by atoms with van der Waals surface area (Å²) in [6.45, 7) is 0.0391. The summed E-state index contributed by atoms with van der Waals surface area (Å²) in [4.78, 5) is 0. The molecule has 0 heterocycles. The van der Waals surface area contributed by atoms with Crippen LogP contribution in [0.2, 0.25) is 10.0 Å². The van der Waals surface area contributed by atoms with Crippen LogP contribution >= 0.6 is 23.2 Å². The standard InChI is InChI=1S/C17H17Cl2NO/c18-15-5-2-11(8-16(15)19)12-4-6-17(20)14-7-10(9-21)1-3-13(12)14/h1-3,5,7-8,12,17,21H,4,6,9,20H2/t12-,17-/m0/s1. The normalized spacial score (nSPS) is 21.1. The van der Waals surface area contributed by atoms with E-state index in [1.807, 2.05) is 30.3 Å². The molecule has 2 aromatic rings. The van der Waals surface area contributed by atoms with Gasteiger partial charge in [0.1, 0.15) is 0 Å². The molecule has 0 aromatic heterocycles. The number of hydrogen-bond donors (Lipinski definition) is 2. The Morgan fingerprint density at radius 1 is 1.00 bits per heavy atom. The van der Waals surface area contributed by atoms with Crippen molar-refractivity contribution in [2.45, 2.75) is 31.4 Å². The lowest BCUT2D eigenvalue weighted by atomic mass is 9.76. The Balaban J connectivity index is 2.06. The van der Waals surface area contributed by atoms with Gasteiger partial charge < -0.3 is 10.8 Å². The first-order valence-electron chi connectivity index (χ1n) is 7.04. The van der Waals surface area contributed by atoms with E-state index in [4.69, 9.17) is 28.9 Å². The van der Waals surface area contributed by atoms with Crippen molar-refractivity contribution in [1.82, 2.24) is 0 Å². The van der Waals surface area contributed by atoms with Crippen LogP contribution in [-0.2, 0) is 6.61 Å². The van der Waals surface area contributed by atoms with Crippen molar-refractivity contribution in [3.8, 4) is 0 Å². The molecule has 21 heavy (non-hydrogen) atoms. The van der Waals surface area contributed by atoms with Crippen molar-refractivity contribution in [2.75, 3.05) is 0 Å². The van der Waals surface area contributed by atoms with Crippen LogP contribution in [0.4, 0.5) is 0 Å². The summed E-state index contributed by atoms with van der Waals surface area (Å²) in [6.07, 6.45) is 1.91. The van der Waals surface area contributed by atoms with Crippen molar-refractivity contribution in [1.29, 1.82) is 0 Å². The molecule has 1 aliphatic carbocycles. The second-order valence-electron chi connectivity index (χ2n) is 5.53. The highest BCUT2D eigenvalue weighted by Gasteiger charge is 2.26. The largest absolute Gasteiger partial charge is 0.392 e. The van der Waals surface area contributed by atoms with Gasteiger partial charge in [-0.1, -0.05) is 47.5 Å². The summed E-state index contributed by atoms with van der Waals surface area (Å²) in [6, 6.07) is 11.9. The van der Waals surface area contributed by atoms with E-state index in [9.17, 15) is 5.11 Å². The molecule has 0 fully saturated rings. The molecular weight excluding hydrogens is 305 g/mol. The maximum Gasteiger partial charge on any atom is 0.0681 e. The van der Waals surface area contributed by atoms with Crippen LogP contribution in [0.5, 0.6) is 0 Å². The van der Waals surface area contributed by atoms with E-state index in [0.717, 1.165) is 29.5 Å². The van der Waals surface area contributed by atoms with E-state index in [0.29, 0.717) is 10.0 Å². The Bertz CT molecular complexity index is 672. The van der Waals surface area contributed by atoms with Gasteiger partial charge in [0, 0.05) is 12.0 Å². The number of aliphatic hydroxyl groups is 1. The van der Waals surface area contributed by atoms with Crippen molar-refractivity contribution < 1.29 is 5.11 Å². The van der Waals surface area contributed by atoms with E-state index in [-0.39, 0.29) is 18.6 Å². The lowest BCUT2D eigenvalue weighted by Gasteiger charge is -2.30. The highest BCUT2D eigenvalue weighted by molar-refractivity contribution is 6.42. The minimum Gasteiger partial charge on any atom is -0.392 e. The van der Waals surface area contributed by atoms with E-state index >= 15 is 0 Å². The number of rotatable bonds is 2. The Hall–Kier alpha value is -1.06. The molecule has 3 rings (SSSR count). The van der Waals surface area contributed by atoms with Gasteiger partial charge in [-0.05, 0) is 47.2 Å². The average molecular weight is 322 g/mol. The Morgan fingerprint density at radius 3 is 2.52 bits per heavy atom. The monoisotopic (exact) mass is 321 g/mol. The van der Waals surface area contributed by atoms with Crippen molar-refractivity contribution in [3.63, 3.8) is 0 Å². The molecule has 4 heteroatoms. The second kappa shape index (κ2) is 5.98. The maximum absolute atomic E-state index is 9.30. The third-order valence-corrected chi connectivity index (χ3v) is 4.96. The van der Waals surface area contributed by atoms with Crippen LogP contribution in [0.3, 0.4) is 0 Å². The molecule has 0 saturated heterocycles. The lowest BCUT2D eigenvalue weighted by Crippen LogP contribution is -2.21. The molecule has 1 aliphatic rings. The van der Waals surface area contributed by atoms with Crippen molar-refractivity contribution in [2.24, 2.45) is 5.73 Å². The molecule has 0 bridgehead atoms. The molecular formula is C17H17Cl2NO. The summed E-state index contributed by atoms with van der Waals surface area (Å²) in [5.74, 6) is 0.280. The van der Waals surface area contributed by atoms with Crippen LogP contribution < -0.4 is 5.73 Å². The van der Waals surface area contributed by atoms with Crippen LogP contribution in [0.15, 0.2) is 36.4 Å². The van der Waals surface area contributed by atoms with Gasteiger partial charge in [0.25, 0.3) is 0 Å². The Kier molecular flexibility index (Phi) is 4.23. The molecule has 0 unspecified atom stereocenters. The molecule has 0 aliphatic heterocycles. The highest BCUT2D eigenvalue weighted by atomic mass is 35.5. The predicted octanol–water partition coefficient (Wildman–Crippen LogP) is 4.41. The summed E-state index contributed by atoms with van der Waals surface area (Å²) < 4.78 is 0. The Morgan fingerprint density at radius 2 is 1.81 bits per heavy atom. The summed E-state index contributed by atoms with van der Waals surface area (Å²) in [5.41, 5.74) is 10.7. The van der Waals surface area contributed by atoms with Gasteiger partial charge in [0.2, 0.25) is 0 Å². The molecule has 110 valence electrons. The van der Waals surface area contributed by atoms with Crippen LogP contribution in [-0.4, -0.2) is 5.11 Å².